The number of rotatable bonds is 5. The molecule has 0 aromatic carbocycles. The normalized spacial score (nSPS) is 11.2. The molecule has 0 saturated carbocycles. The molecule has 1 heterocycles. The molecule has 0 bridgehead atoms. The molecule has 1 aromatic rings. The third-order valence-corrected chi connectivity index (χ3v) is 4.04. The molecule has 0 saturated heterocycles. The van der Waals surface area contributed by atoms with Gasteiger partial charge in [-0.15, -0.1) is 11.3 Å². The second kappa shape index (κ2) is 6.19. The van der Waals surface area contributed by atoms with Gasteiger partial charge in [-0.1, -0.05) is 20.8 Å². The lowest BCUT2D eigenvalue weighted by atomic mass is 9.89. The fraction of sp³-hybridized carbons (Fsp3) is 0.571. The summed E-state index contributed by atoms with van der Waals surface area (Å²) in [6, 6.07) is 1.75. The first-order chi connectivity index (χ1) is 8.81. The molecule has 19 heavy (non-hydrogen) atoms. The highest BCUT2D eigenvalue weighted by Gasteiger charge is 2.27. The Bertz CT molecular complexity index is 477. The average Bonchev–Trinajstić information content (AvgIpc) is 2.70. The van der Waals surface area contributed by atoms with Gasteiger partial charge >= 0.3 is 5.97 Å². The maximum atomic E-state index is 12.2. The fourth-order valence-corrected chi connectivity index (χ4v) is 2.30. The number of carbonyl (C=O) groups excluding carboxylic acids is 2. The van der Waals surface area contributed by atoms with Gasteiger partial charge in [0.25, 0.3) is 0 Å². The van der Waals surface area contributed by atoms with E-state index in [0.717, 1.165) is 11.3 Å². The summed E-state index contributed by atoms with van der Waals surface area (Å²) in [7, 11) is 0. The van der Waals surface area contributed by atoms with Crippen molar-refractivity contribution in [3.05, 3.63) is 16.5 Å². The maximum Gasteiger partial charge on any atom is 0.341 e. The van der Waals surface area contributed by atoms with Crippen molar-refractivity contribution < 1.29 is 14.3 Å². The molecular weight excluding hydrogens is 262 g/mol. The average molecular weight is 283 g/mol. The molecule has 0 radical (unpaired) electrons. The summed E-state index contributed by atoms with van der Waals surface area (Å²) in [6.45, 7) is 9.70. The Labute approximate surface area is 118 Å². The number of aryl methyl sites for hydroxylation is 1. The number of anilines is 1. The van der Waals surface area contributed by atoms with Crippen LogP contribution < -0.4 is 5.32 Å². The van der Waals surface area contributed by atoms with Gasteiger partial charge in [-0.3, -0.25) is 4.79 Å². The summed E-state index contributed by atoms with van der Waals surface area (Å²) < 4.78 is 4.99. The van der Waals surface area contributed by atoms with Gasteiger partial charge in [-0.25, -0.2) is 4.79 Å². The van der Waals surface area contributed by atoms with Crippen LogP contribution in [0, 0.1) is 12.3 Å². The quantitative estimate of drug-likeness (QED) is 0.840. The van der Waals surface area contributed by atoms with E-state index in [9.17, 15) is 9.59 Å². The van der Waals surface area contributed by atoms with E-state index in [4.69, 9.17) is 4.74 Å². The Morgan fingerprint density at radius 3 is 2.53 bits per heavy atom. The number of nitrogens with one attached hydrogen (secondary N) is 1. The molecular formula is C14H21NO3S. The van der Waals surface area contributed by atoms with Crippen molar-refractivity contribution in [2.24, 2.45) is 5.41 Å². The number of thiophene rings is 1. The third-order valence-electron chi connectivity index (χ3n) is 3.08. The molecule has 4 nitrogen and oxygen atoms in total. The maximum absolute atomic E-state index is 12.2. The van der Waals surface area contributed by atoms with Gasteiger partial charge in [0.2, 0.25) is 5.91 Å². The molecule has 1 rings (SSSR count). The van der Waals surface area contributed by atoms with E-state index in [1.54, 1.807) is 13.0 Å². The molecule has 0 spiro atoms. The lowest BCUT2D eigenvalue weighted by Gasteiger charge is -2.21. The highest BCUT2D eigenvalue weighted by Crippen LogP contribution is 2.30. The van der Waals surface area contributed by atoms with Crippen LogP contribution in [0.25, 0.3) is 0 Å². The zero-order chi connectivity index (χ0) is 14.6. The lowest BCUT2D eigenvalue weighted by molar-refractivity contribution is -0.124. The van der Waals surface area contributed by atoms with Gasteiger partial charge < -0.3 is 10.1 Å². The second-order valence-electron chi connectivity index (χ2n) is 5.01. The van der Waals surface area contributed by atoms with Gasteiger partial charge in [0.15, 0.2) is 0 Å². The highest BCUT2D eigenvalue weighted by molar-refractivity contribution is 7.16. The summed E-state index contributed by atoms with van der Waals surface area (Å²) in [5.41, 5.74) is -0.0197. The van der Waals surface area contributed by atoms with Crippen molar-refractivity contribution in [1.29, 1.82) is 0 Å². The molecule has 0 aliphatic carbocycles. The van der Waals surface area contributed by atoms with Crippen LogP contribution in [-0.4, -0.2) is 18.5 Å². The molecule has 106 valence electrons. The molecule has 0 fully saturated rings. The molecule has 1 aromatic heterocycles. The molecule has 0 aliphatic rings. The largest absolute Gasteiger partial charge is 0.462 e. The summed E-state index contributed by atoms with van der Waals surface area (Å²) in [6.07, 6.45) is 0.734. The Hall–Kier alpha value is -1.36. The van der Waals surface area contributed by atoms with Crippen LogP contribution in [0.3, 0.4) is 0 Å². The zero-order valence-electron chi connectivity index (χ0n) is 12.1. The van der Waals surface area contributed by atoms with Crippen molar-refractivity contribution in [2.45, 2.75) is 41.0 Å². The van der Waals surface area contributed by atoms with E-state index >= 15 is 0 Å². The van der Waals surface area contributed by atoms with E-state index in [0.29, 0.717) is 17.2 Å². The van der Waals surface area contributed by atoms with Crippen molar-refractivity contribution >= 4 is 28.2 Å². The topological polar surface area (TPSA) is 55.4 Å². The molecule has 1 amide bonds. The van der Waals surface area contributed by atoms with E-state index in [2.05, 4.69) is 5.32 Å². The first-order valence-corrected chi connectivity index (χ1v) is 7.22. The van der Waals surface area contributed by atoms with E-state index in [1.807, 2.05) is 27.7 Å². The van der Waals surface area contributed by atoms with E-state index in [-0.39, 0.29) is 5.91 Å². The van der Waals surface area contributed by atoms with Crippen LogP contribution >= 0.6 is 11.3 Å². The highest BCUT2D eigenvalue weighted by atomic mass is 32.1. The monoisotopic (exact) mass is 283 g/mol. The molecule has 0 unspecified atom stereocenters. The predicted octanol–water partition coefficient (Wildman–Crippen LogP) is 3.61. The van der Waals surface area contributed by atoms with Gasteiger partial charge in [0.1, 0.15) is 5.00 Å². The zero-order valence-corrected chi connectivity index (χ0v) is 12.9. The number of carbonyl (C=O) groups is 2. The van der Waals surface area contributed by atoms with Gasteiger partial charge in [0.05, 0.1) is 12.2 Å². The Morgan fingerprint density at radius 1 is 1.37 bits per heavy atom. The number of esters is 1. The summed E-state index contributed by atoms with van der Waals surface area (Å²) >= 11 is 1.39. The standard InChI is InChI=1S/C14H21NO3S/c1-6-14(4,5)13(17)15-11-10(8-9(3)19-11)12(16)18-7-2/h8H,6-7H2,1-5H3,(H,15,17). The van der Waals surface area contributed by atoms with Crippen molar-refractivity contribution in [3.63, 3.8) is 0 Å². The Morgan fingerprint density at radius 2 is 2.00 bits per heavy atom. The van der Waals surface area contributed by atoms with Gasteiger partial charge in [-0.2, -0.15) is 0 Å². The summed E-state index contributed by atoms with van der Waals surface area (Å²) in [4.78, 5) is 24.9. The number of hydrogen-bond acceptors (Lipinski definition) is 4. The van der Waals surface area contributed by atoms with Crippen molar-refractivity contribution in [1.82, 2.24) is 0 Å². The molecule has 0 aliphatic heterocycles. The Balaban J connectivity index is 2.96. The third kappa shape index (κ3) is 3.80. The molecule has 1 N–H and O–H groups in total. The fourth-order valence-electron chi connectivity index (χ4n) is 1.40. The first-order valence-electron chi connectivity index (χ1n) is 6.40. The number of hydrogen-bond donors (Lipinski definition) is 1. The minimum atomic E-state index is -0.455. The summed E-state index contributed by atoms with van der Waals surface area (Å²) in [5.74, 6) is -0.473. The first kappa shape index (κ1) is 15.7. The van der Waals surface area contributed by atoms with Crippen molar-refractivity contribution in [3.8, 4) is 0 Å². The number of amides is 1. The van der Waals surface area contributed by atoms with Crippen LogP contribution in [0.15, 0.2) is 6.07 Å². The Kier molecular flexibility index (Phi) is 5.11. The van der Waals surface area contributed by atoms with Crippen LogP contribution in [-0.2, 0) is 9.53 Å². The van der Waals surface area contributed by atoms with Crippen LogP contribution in [0.5, 0.6) is 0 Å². The second-order valence-corrected chi connectivity index (χ2v) is 6.27. The predicted molar refractivity (Wildman–Crippen MR) is 77.7 cm³/mol. The summed E-state index contributed by atoms with van der Waals surface area (Å²) in [5, 5.41) is 3.41. The minimum absolute atomic E-state index is 0.0811. The van der Waals surface area contributed by atoms with E-state index < -0.39 is 11.4 Å². The lowest BCUT2D eigenvalue weighted by Crippen LogP contribution is -2.30. The van der Waals surface area contributed by atoms with Crippen LogP contribution in [0.1, 0.15) is 49.4 Å². The number of ether oxygens (including phenoxy) is 1. The SMILES string of the molecule is CCOC(=O)c1cc(C)sc1NC(=O)C(C)(C)CC. The smallest absolute Gasteiger partial charge is 0.341 e. The minimum Gasteiger partial charge on any atom is -0.462 e. The van der Waals surface area contributed by atoms with Gasteiger partial charge in [-0.05, 0) is 26.3 Å². The van der Waals surface area contributed by atoms with Crippen LogP contribution in [0.4, 0.5) is 5.00 Å². The van der Waals surface area contributed by atoms with Gasteiger partial charge in [0, 0.05) is 10.3 Å². The van der Waals surface area contributed by atoms with Crippen LogP contribution in [0.2, 0.25) is 0 Å². The molecule has 0 atom stereocenters. The van der Waals surface area contributed by atoms with E-state index in [1.165, 1.54) is 11.3 Å². The molecule has 5 heteroatoms. The van der Waals surface area contributed by atoms with Crippen molar-refractivity contribution in [2.75, 3.05) is 11.9 Å².